The van der Waals surface area contributed by atoms with Gasteiger partial charge in [-0.1, -0.05) is 52.2 Å². The van der Waals surface area contributed by atoms with Crippen molar-refractivity contribution in [2.75, 3.05) is 41.9 Å². The second-order valence-corrected chi connectivity index (χ2v) is 15.7. The van der Waals surface area contributed by atoms with Gasteiger partial charge in [0.1, 0.15) is 24.5 Å². The molecule has 3 fully saturated rings. The first-order chi connectivity index (χ1) is 21.9. The largest absolute Gasteiger partial charge is 0.488 e. The normalized spacial score (nSPS) is 31.9. The first-order valence-corrected chi connectivity index (χ1v) is 19.0. The molecule has 0 spiro atoms. The number of H-pyrrole nitrogens is 1. The van der Waals surface area contributed by atoms with Crippen LogP contribution in [0.15, 0.2) is 16.9 Å². The minimum atomic E-state index is -3.49. The number of fused-ring (bicyclic) bond motifs is 2. The Bertz CT molecular complexity index is 1260. The number of nitrogens with one attached hydrogen (secondary N) is 4. The number of unbranched alkanes of at least 4 members (excludes halogenated alkanes) is 3. The van der Waals surface area contributed by atoms with E-state index in [0.29, 0.717) is 24.0 Å². The lowest BCUT2D eigenvalue weighted by atomic mass is 9.86. The molecule has 6 N–H and O–H groups in total. The Hall–Kier alpha value is -1.73. The van der Waals surface area contributed by atoms with Crippen LogP contribution >= 0.6 is 7.82 Å². The summed E-state index contributed by atoms with van der Waals surface area (Å²) in [5, 5.41) is 21.2. The van der Waals surface area contributed by atoms with Gasteiger partial charge in [-0.2, -0.15) is 14.0 Å². The molecule has 1 aromatic heterocycles. The molecule has 4 aliphatic rings. The number of ether oxygens (including phenoxy) is 1. The zero-order chi connectivity index (χ0) is 33.1. The van der Waals surface area contributed by atoms with Crippen molar-refractivity contribution in [3.8, 4) is 0 Å². The van der Waals surface area contributed by atoms with Crippen molar-refractivity contribution in [3.63, 3.8) is 0 Å². The van der Waals surface area contributed by atoms with Crippen LogP contribution in [0.5, 0.6) is 0 Å². The maximum atomic E-state index is 12.8. The molecule has 2 saturated heterocycles. The van der Waals surface area contributed by atoms with Crippen molar-refractivity contribution in [2.45, 2.75) is 122 Å². The molecule has 4 heterocycles. The number of aliphatic hydroxyl groups excluding tert-OH is 1. The predicted molar refractivity (Wildman–Crippen MR) is 184 cm³/mol. The van der Waals surface area contributed by atoms with Crippen LogP contribution < -0.4 is 26.4 Å². The van der Waals surface area contributed by atoms with Crippen LogP contribution in [0.2, 0.25) is 0 Å². The van der Waals surface area contributed by atoms with Gasteiger partial charge in [-0.05, 0) is 76.2 Å². The molecule has 5 rings (SSSR count). The maximum absolute atomic E-state index is 12.8. The molecule has 0 aromatic carbocycles. The van der Waals surface area contributed by atoms with E-state index in [9.17, 15) is 14.8 Å². The van der Waals surface area contributed by atoms with Crippen LogP contribution in [0.3, 0.4) is 0 Å². The molecule has 0 amide bonds. The SMILES string of the molecule is [B][P+]1(O)OCC2OC(N3CNc4c3nc(NCCCCCCNC(C)(CCC(=C)CC)CC3CC3C(C)CC)[nH]c4=O)C(O)[C@@H]2O1. The Morgan fingerprint density at radius 3 is 2.78 bits per heavy atom. The van der Waals surface area contributed by atoms with Crippen LogP contribution in [-0.4, -0.2) is 84.0 Å². The minimum Gasteiger partial charge on any atom is -0.385 e. The highest BCUT2D eigenvalue weighted by atomic mass is 31.2. The molecular weight excluding hydrogens is 606 g/mol. The lowest BCUT2D eigenvalue weighted by molar-refractivity contribution is -0.0440. The zero-order valence-electron chi connectivity index (χ0n) is 28.1. The topological polar surface area (TPSA) is 153 Å². The third-order valence-corrected chi connectivity index (χ3v) is 11.5. The van der Waals surface area contributed by atoms with Crippen molar-refractivity contribution in [1.29, 1.82) is 0 Å². The molecule has 12 nitrogen and oxygen atoms in total. The van der Waals surface area contributed by atoms with Crippen LogP contribution in [-0.2, 0) is 13.8 Å². The van der Waals surface area contributed by atoms with Gasteiger partial charge in [0.25, 0.3) is 5.56 Å². The summed E-state index contributed by atoms with van der Waals surface area (Å²) in [6.45, 7) is 15.5. The summed E-state index contributed by atoms with van der Waals surface area (Å²) in [5.41, 5.74) is 1.51. The van der Waals surface area contributed by atoms with E-state index < -0.39 is 32.4 Å². The fourth-order valence-electron chi connectivity index (χ4n) is 7.16. The minimum absolute atomic E-state index is 0.00645. The van der Waals surface area contributed by atoms with E-state index in [0.717, 1.165) is 69.2 Å². The number of nitrogens with zero attached hydrogens (tertiary/aromatic N) is 2. The van der Waals surface area contributed by atoms with Gasteiger partial charge in [-0.15, -0.1) is 0 Å². The summed E-state index contributed by atoms with van der Waals surface area (Å²) in [4.78, 5) is 31.9. The van der Waals surface area contributed by atoms with Crippen LogP contribution in [0.4, 0.5) is 17.5 Å². The smallest absolute Gasteiger partial charge is 0.385 e. The molecule has 3 aliphatic heterocycles. The number of allylic oxidation sites excluding steroid dienone is 1. The average molecular weight is 662 g/mol. The standard InChI is InChI=1S/C32H55BN6O6P/c1-6-20(3)12-13-32(5,17-22-16-23(22)21(4)7-2)36-15-11-9-8-10-14-34-31-37-28-25(29(41)38-31)35-19-39(28)30-26(40)27-24(44-30)18-43-46(33,42)45-27/h21-24,26-27,30,35-36,40,42H,3,6-19H2,1-2,4-5H3,(H2,34,37,38,41)/q+1/t21?,22?,23?,24?,26?,27-,30?,32?,46?/m1/s1. The number of rotatable bonds is 18. The molecule has 0 bridgehead atoms. The Kier molecular flexibility index (Phi) is 11.8. The monoisotopic (exact) mass is 661 g/mol. The van der Waals surface area contributed by atoms with E-state index in [1.165, 1.54) is 24.8 Å². The molecule has 256 valence electrons. The van der Waals surface area contributed by atoms with E-state index in [1.54, 1.807) is 4.90 Å². The molecule has 2 radical (unpaired) electrons. The third kappa shape index (κ3) is 8.64. The number of aliphatic hydroxyl groups is 1. The van der Waals surface area contributed by atoms with Gasteiger partial charge in [0.05, 0.1) is 6.67 Å². The lowest BCUT2D eigenvalue weighted by Crippen LogP contribution is -2.45. The van der Waals surface area contributed by atoms with Crippen molar-refractivity contribution in [3.05, 3.63) is 22.5 Å². The van der Waals surface area contributed by atoms with E-state index in [2.05, 4.69) is 60.2 Å². The zero-order valence-corrected chi connectivity index (χ0v) is 29.0. The summed E-state index contributed by atoms with van der Waals surface area (Å²) >= 11 is 0. The molecule has 8 unspecified atom stereocenters. The van der Waals surface area contributed by atoms with Gasteiger partial charge < -0.3 is 30.7 Å². The van der Waals surface area contributed by atoms with Gasteiger partial charge in [0, 0.05) is 12.1 Å². The summed E-state index contributed by atoms with van der Waals surface area (Å²) in [5.74, 6) is 3.33. The van der Waals surface area contributed by atoms with Gasteiger partial charge in [0.2, 0.25) is 5.95 Å². The third-order valence-electron chi connectivity index (χ3n) is 10.5. The first-order valence-electron chi connectivity index (χ1n) is 17.3. The van der Waals surface area contributed by atoms with Crippen LogP contribution in [0.25, 0.3) is 0 Å². The molecule has 1 saturated carbocycles. The number of anilines is 3. The summed E-state index contributed by atoms with van der Waals surface area (Å²) in [6, 6.07) is 0. The number of aromatic amines is 1. The Morgan fingerprint density at radius 1 is 1.28 bits per heavy atom. The Morgan fingerprint density at radius 2 is 2.04 bits per heavy atom. The van der Waals surface area contributed by atoms with Crippen molar-refractivity contribution < 1.29 is 23.8 Å². The molecule has 14 heteroatoms. The predicted octanol–water partition coefficient (Wildman–Crippen LogP) is 4.44. The summed E-state index contributed by atoms with van der Waals surface area (Å²) < 4.78 is 16.5. The summed E-state index contributed by atoms with van der Waals surface area (Å²) in [7, 11) is 2.14. The highest BCUT2D eigenvalue weighted by Gasteiger charge is 2.58. The molecule has 46 heavy (non-hydrogen) atoms. The van der Waals surface area contributed by atoms with E-state index in [-0.39, 0.29) is 24.4 Å². The average Bonchev–Trinajstić information content (AvgIpc) is 3.53. The van der Waals surface area contributed by atoms with Crippen molar-refractivity contribution in [1.82, 2.24) is 15.3 Å². The van der Waals surface area contributed by atoms with Gasteiger partial charge >= 0.3 is 15.4 Å². The molecular formula is C32H55BN6O6P+. The van der Waals surface area contributed by atoms with Crippen LogP contribution in [0.1, 0.15) is 91.9 Å². The molecule has 1 aromatic rings. The fourth-order valence-corrected chi connectivity index (χ4v) is 8.20. The van der Waals surface area contributed by atoms with E-state index in [1.807, 2.05) is 0 Å². The fraction of sp³-hybridized carbons (Fsp3) is 0.812. The second kappa shape index (κ2) is 15.2. The van der Waals surface area contributed by atoms with Crippen molar-refractivity contribution in [2.24, 2.45) is 17.8 Å². The second-order valence-electron chi connectivity index (χ2n) is 14.1. The highest BCUT2D eigenvalue weighted by molar-refractivity contribution is 7.85. The van der Waals surface area contributed by atoms with Crippen LogP contribution in [0, 0.1) is 17.8 Å². The van der Waals surface area contributed by atoms with E-state index in [4.69, 9.17) is 21.4 Å². The number of hydrogen-bond acceptors (Lipinski definition) is 11. The van der Waals surface area contributed by atoms with E-state index >= 15 is 0 Å². The first kappa shape index (κ1) is 35.6. The lowest BCUT2D eigenvalue weighted by Gasteiger charge is -2.32. The highest BCUT2D eigenvalue weighted by Crippen LogP contribution is 2.58. The Labute approximate surface area is 275 Å². The quantitative estimate of drug-likeness (QED) is 0.0573. The van der Waals surface area contributed by atoms with Gasteiger partial charge in [-0.25, -0.2) is 4.89 Å². The maximum Gasteiger partial charge on any atom is 0.488 e. The van der Waals surface area contributed by atoms with Gasteiger partial charge in [-0.3, -0.25) is 9.78 Å². The summed E-state index contributed by atoms with van der Waals surface area (Å²) in [6.07, 6.45) is 8.09. The molecule has 9 atom stereocenters. The number of hydrogen-bond donors (Lipinski definition) is 6. The number of aromatic nitrogens is 2. The van der Waals surface area contributed by atoms with Gasteiger partial charge in [0.15, 0.2) is 18.1 Å². The van der Waals surface area contributed by atoms with Crippen molar-refractivity contribution >= 4 is 32.8 Å². The molecule has 1 aliphatic carbocycles. The Balaban J connectivity index is 1.05.